The molecule has 0 aromatic heterocycles. The van der Waals surface area contributed by atoms with Crippen LogP contribution >= 0.6 is 0 Å². The minimum Gasteiger partial charge on any atom is -0.494 e. The van der Waals surface area contributed by atoms with Crippen LogP contribution < -0.4 is 4.74 Å². The maximum atomic E-state index is 5.75. The Labute approximate surface area is 119 Å². The van der Waals surface area contributed by atoms with Gasteiger partial charge in [0, 0.05) is 0 Å². The summed E-state index contributed by atoms with van der Waals surface area (Å²) in [4.78, 5) is 0. The van der Waals surface area contributed by atoms with Crippen LogP contribution in [0.1, 0.15) is 70.3 Å². The van der Waals surface area contributed by atoms with E-state index in [1.807, 2.05) is 6.07 Å². The van der Waals surface area contributed by atoms with Crippen molar-refractivity contribution in [1.82, 2.24) is 0 Å². The summed E-state index contributed by atoms with van der Waals surface area (Å²) in [7, 11) is 0. The van der Waals surface area contributed by atoms with Gasteiger partial charge in [0.2, 0.25) is 0 Å². The average molecular weight is 262 g/mol. The molecule has 0 N–H and O–H groups in total. The lowest BCUT2D eigenvalue weighted by molar-refractivity contribution is 0.304. The highest BCUT2D eigenvalue weighted by molar-refractivity contribution is 5.27. The smallest absolute Gasteiger partial charge is 0.119 e. The summed E-state index contributed by atoms with van der Waals surface area (Å²) in [5.74, 6) is 1.01. The Hall–Kier alpha value is -0.980. The van der Waals surface area contributed by atoms with E-state index < -0.39 is 0 Å². The molecule has 0 atom stereocenters. The van der Waals surface area contributed by atoms with Crippen LogP contribution in [-0.2, 0) is 0 Å². The lowest BCUT2D eigenvalue weighted by Gasteiger charge is -2.06. The summed E-state index contributed by atoms with van der Waals surface area (Å²) in [6.45, 7) is 5.24. The van der Waals surface area contributed by atoms with Crippen molar-refractivity contribution in [3.63, 3.8) is 0 Å². The lowest BCUT2D eigenvalue weighted by Crippen LogP contribution is -1.97. The third kappa shape index (κ3) is 8.69. The Balaban J connectivity index is 1.89. The Bertz CT molecular complexity index is 319. The van der Waals surface area contributed by atoms with Crippen molar-refractivity contribution in [3.8, 4) is 5.75 Å². The van der Waals surface area contributed by atoms with Crippen molar-refractivity contribution < 1.29 is 4.74 Å². The van der Waals surface area contributed by atoms with Gasteiger partial charge in [0.05, 0.1) is 6.61 Å². The van der Waals surface area contributed by atoms with Gasteiger partial charge in [-0.3, -0.25) is 0 Å². The fraction of sp³-hybridized carbons (Fsp3) is 0.667. The van der Waals surface area contributed by atoms with E-state index >= 15 is 0 Å². The highest BCUT2D eigenvalue weighted by Gasteiger charge is 1.95. The molecule has 0 fully saturated rings. The largest absolute Gasteiger partial charge is 0.494 e. The minimum absolute atomic E-state index is 0.860. The fourth-order valence-electron chi connectivity index (χ4n) is 2.31. The van der Waals surface area contributed by atoms with E-state index in [-0.39, 0.29) is 0 Å². The van der Waals surface area contributed by atoms with Crippen molar-refractivity contribution in [3.05, 3.63) is 29.8 Å². The Morgan fingerprint density at radius 2 is 1.47 bits per heavy atom. The molecule has 0 aliphatic heterocycles. The number of ether oxygens (including phenoxy) is 1. The molecule has 19 heavy (non-hydrogen) atoms. The molecular formula is C18H30O. The molecule has 0 bridgehead atoms. The van der Waals surface area contributed by atoms with Crippen LogP contribution in [0.3, 0.4) is 0 Å². The van der Waals surface area contributed by atoms with Crippen LogP contribution in [0.15, 0.2) is 24.3 Å². The molecule has 0 aliphatic rings. The van der Waals surface area contributed by atoms with Gasteiger partial charge in [0.1, 0.15) is 5.75 Å². The Kier molecular flexibility index (Phi) is 9.22. The number of aryl methyl sites for hydroxylation is 1. The maximum absolute atomic E-state index is 5.75. The van der Waals surface area contributed by atoms with Crippen LogP contribution in [0.4, 0.5) is 0 Å². The summed E-state index contributed by atoms with van der Waals surface area (Å²) >= 11 is 0. The molecule has 0 radical (unpaired) electrons. The lowest BCUT2D eigenvalue weighted by atomic mass is 10.1. The first-order valence-electron chi connectivity index (χ1n) is 8.02. The number of unbranched alkanes of at least 4 members (excludes halogenated alkanes) is 8. The van der Waals surface area contributed by atoms with E-state index in [0.29, 0.717) is 0 Å². The third-order valence-corrected chi connectivity index (χ3v) is 3.51. The Morgan fingerprint density at radius 1 is 0.842 bits per heavy atom. The topological polar surface area (TPSA) is 9.23 Å². The van der Waals surface area contributed by atoms with Crippen molar-refractivity contribution in [2.45, 2.75) is 71.6 Å². The van der Waals surface area contributed by atoms with E-state index in [1.54, 1.807) is 0 Å². The summed E-state index contributed by atoms with van der Waals surface area (Å²) in [6.07, 6.45) is 12.3. The monoisotopic (exact) mass is 262 g/mol. The molecule has 0 spiro atoms. The highest BCUT2D eigenvalue weighted by atomic mass is 16.5. The molecule has 0 amide bonds. The number of benzene rings is 1. The van der Waals surface area contributed by atoms with Gasteiger partial charge in [-0.2, -0.15) is 0 Å². The van der Waals surface area contributed by atoms with Gasteiger partial charge >= 0.3 is 0 Å². The van der Waals surface area contributed by atoms with Crippen molar-refractivity contribution in [2.75, 3.05) is 6.61 Å². The molecule has 1 nitrogen and oxygen atoms in total. The maximum Gasteiger partial charge on any atom is 0.119 e. The summed E-state index contributed by atoms with van der Waals surface area (Å²) in [6, 6.07) is 8.31. The molecule has 1 heteroatoms. The number of rotatable bonds is 11. The molecule has 108 valence electrons. The predicted octanol–water partition coefficient (Wildman–Crippen LogP) is 5.90. The van der Waals surface area contributed by atoms with E-state index in [9.17, 15) is 0 Å². The first-order chi connectivity index (χ1) is 9.33. The standard InChI is InChI=1S/C18H30O/c1-3-4-5-6-7-8-9-10-11-15-19-18-14-12-13-17(2)16-18/h12-14,16H,3-11,15H2,1-2H3. The predicted molar refractivity (Wildman–Crippen MR) is 83.9 cm³/mol. The second-order valence-corrected chi connectivity index (χ2v) is 5.49. The molecule has 0 saturated heterocycles. The van der Waals surface area contributed by atoms with Gasteiger partial charge in [-0.05, 0) is 31.0 Å². The quantitative estimate of drug-likeness (QED) is 0.451. The van der Waals surface area contributed by atoms with Gasteiger partial charge in [0.15, 0.2) is 0 Å². The summed E-state index contributed by atoms with van der Waals surface area (Å²) in [5.41, 5.74) is 1.27. The van der Waals surface area contributed by atoms with Crippen LogP contribution in [-0.4, -0.2) is 6.61 Å². The Morgan fingerprint density at radius 3 is 2.11 bits per heavy atom. The van der Waals surface area contributed by atoms with Crippen molar-refractivity contribution in [2.24, 2.45) is 0 Å². The summed E-state index contributed by atoms with van der Waals surface area (Å²) in [5, 5.41) is 0. The second-order valence-electron chi connectivity index (χ2n) is 5.49. The molecule has 0 heterocycles. The third-order valence-electron chi connectivity index (χ3n) is 3.51. The van der Waals surface area contributed by atoms with Crippen molar-refractivity contribution in [1.29, 1.82) is 0 Å². The van der Waals surface area contributed by atoms with E-state index in [0.717, 1.165) is 12.4 Å². The van der Waals surface area contributed by atoms with E-state index in [4.69, 9.17) is 4.74 Å². The molecule has 0 saturated carbocycles. The molecule has 1 rings (SSSR count). The van der Waals surface area contributed by atoms with Gasteiger partial charge in [-0.25, -0.2) is 0 Å². The van der Waals surface area contributed by atoms with Crippen LogP contribution in [0.2, 0.25) is 0 Å². The normalized spacial score (nSPS) is 10.6. The van der Waals surface area contributed by atoms with Crippen molar-refractivity contribution >= 4 is 0 Å². The molecule has 0 aliphatic carbocycles. The summed E-state index contributed by atoms with van der Waals surface area (Å²) < 4.78 is 5.75. The SMILES string of the molecule is CCCCCCCCCCCOc1cccc(C)c1. The fourth-order valence-corrected chi connectivity index (χ4v) is 2.31. The molecule has 1 aromatic carbocycles. The van der Waals surface area contributed by atoms with Gasteiger partial charge in [-0.15, -0.1) is 0 Å². The van der Waals surface area contributed by atoms with Gasteiger partial charge < -0.3 is 4.74 Å². The molecular weight excluding hydrogens is 232 g/mol. The van der Waals surface area contributed by atoms with Crippen LogP contribution in [0.5, 0.6) is 5.75 Å². The van der Waals surface area contributed by atoms with Gasteiger partial charge in [0.25, 0.3) is 0 Å². The van der Waals surface area contributed by atoms with Crippen LogP contribution in [0, 0.1) is 6.92 Å². The van der Waals surface area contributed by atoms with Crippen LogP contribution in [0.25, 0.3) is 0 Å². The number of hydrogen-bond donors (Lipinski definition) is 0. The second kappa shape index (κ2) is 10.9. The number of hydrogen-bond acceptors (Lipinski definition) is 1. The van der Waals surface area contributed by atoms with E-state index in [2.05, 4.69) is 32.0 Å². The first kappa shape index (κ1) is 16.1. The minimum atomic E-state index is 0.860. The molecule has 0 unspecified atom stereocenters. The average Bonchev–Trinajstić information content (AvgIpc) is 2.41. The van der Waals surface area contributed by atoms with Gasteiger partial charge in [-0.1, -0.05) is 70.4 Å². The molecule has 1 aromatic rings. The highest BCUT2D eigenvalue weighted by Crippen LogP contribution is 2.14. The first-order valence-corrected chi connectivity index (χ1v) is 8.02. The zero-order valence-corrected chi connectivity index (χ0v) is 12.8. The zero-order chi connectivity index (χ0) is 13.8. The zero-order valence-electron chi connectivity index (χ0n) is 12.8. The van der Waals surface area contributed by atoms with E-state index in [1.165, 1.54) is 63.4 Å².